The van der Waals surface area contributed by atoms with Gasteiger partial charge in [0.05, 0.1) is 33.1 Å². The molecule has 0 amide bonds. The van der Waals surface area contributed by atoms with E-state index in [1.54, 1.807) is 0 Å². The number of aromatic nitrogens is 4. The van der Waals surface area contributed by atoms with Crippen LogP contribution in [0.5, 0.6) is 0 Å². The van der Waals surface area contributed by atoms with Gasteiger partial charge in [-0.05, 0) is 75.3 Å². The SMILES string of the molecule is c1ccc([Si](c2ccccc2)(c2cccc(-n3c4ccccc4n4c5ccccc5cc34)c2)c2cccc3c2oc2nc4ccccc4n23)cc1. The van der Waals surface area contributed by atoms with Gasteiger partial charge in [0.15, 0.2) is 13.7 Å². The van der Waals surface area contributed by atoms with Gasteiger partial charge in [-0.15, -0.1) is 0 Å². The average Bonchev–Trinajstić information content (AvgIpc) is 3.93. The molecule has 6 heteroatoms. The third kappa shape index (κ3) is 3.88. The van der Waals surface area contributed by atoms with Crippen LogP contribution in [-0.4, -0.2) is 26.4 Å². The highest BCUT2D eigenvalue weighted by atomic mass is 28.3. The smallest absolute Gasteiger partial charge is 0.307 e. The van der Waals surface area contributed by atoms with Gasteiger partial charge in [0, 0.05) is 11.1 Å². The van der Waals surface area contributed by atoms with Crippen LogP contribution in [0.2, 0.25) is 0 Å². The number of hydrogen-bond donors (Lipinski definition) is 0. The Morgan fingerprint density at radius 3 is 1.84 bits per heavy atom. The number of oxazole rings is 1. The Kier molecular flexibility index (Phi) is 5.91. The second-order valence-electron chi connectivity index (χ2n) is 13.2. The van der Waals surface area contributed by atoms with E-state index in [4.69, 9.17) is 9.40 Å². The predicted molar refractivity (Wildman–Crippen MR) is 211 cm³/mol. The maximum absolute atomic E-state index is 6.87. The number of rotatable bonds is 5. The molecule has 0 saturated carbocycles. The van der Waals surface area contributed by atoms with Gasteiger partial charge in [0.2, 0.25) is 0 Å². The van der Waals surface area contributed by atoms with E-state index in [-0.39, 0.29) is 0 Å². The molecule has 0 spiro atoms. The molecule has 51 heavy (non-hydrogen) atoms. The number of nitrogens with zero attached hydrogens (tertiary/aromatic N) is 4. The van der Waals surface area contributed by atoms with Gasteiger partial charge in [-0.25, -0.2) is 0 Å². The lowest BCUT2D eigenvalue weighted by molar-refractivity contribution is 0.645. The molecule has 0 aliphatic heterocycles. The maximum Gasteiger partial charge on any atom is 0.307 e. The molecule has 4 aromatic heterocycles. The summed E-state index contributed by atoms with van der Waals surface area (Å²) in [6.45, 7) is 0. The van der Waals surface area contributed by atoms with Crippen molar-refractivity contribution in [2.24, 2.45) is 0 Å². The van der Waals surface area contributed by atoms with Crippen molar-refractivity contribution in [3.63, 3.8) is 0 Å². The van der Waals surface area contributed by atoms with E-state index in [1.807, 2.05) is 12.1 Å². The molecular weight excluding hydrogens is 641 g/mol. The molecule has 0 fully saturated rings. The minimum absolute atomic E-state index is 0.609. The van der Waals surface area contributed by atoms with Crippen molar-refractivity contribution in [3.05, 3.63) is 182 Å². The zero-order valence-electron chi connectivity index (χ0n) is 27.5. The maximum atomic E-state index is 6.87. The van der Waals surface area contributed by atoms with Crippen molar-refractivity contribution in [1.29, 1.82) is 0 Å². The largest absolute Gasteiger partial charge is 0.423 e. The van der Waals surface area contributed by atoms with Gasteiger partial charge in [-0.1, -0.05) is 127 Å². The van der Waals surface area contributed by atoms with Crippen LogP contribution >= 0.6 is 0 Å². The molecule has 0 N–H and O–H groups in total. The lowest BCUT2D eigenvalue weighted by atomic mass is 10.2. The van der Waals surface area contributed by atoms with Crippen molar-refractivity contribution >= 4 is 84.4 Å². The van der Waals surface area contributed by atoms with Gasteiger partial charge < -0.3 is 4.42 Å². The van der Waals surface area contributed by atoms with E-state index in [0.717, 1.165) is 33.5 Å². The zero-order chi connectivity index (χ0) is 33.5. The molecule has 0 bridgehead atoms. The predicted octanol–water partition coefficient (Wildman–Crippen LogP) is 7.96. The summed E-state index contributed by atoms with van der Waals surface area (Å²) in [7, 11) is -3.03. The minimum atomic E-state index is -3.03. The number of fused-ring (bicyclic) bond motifs is 10. The molecule has 0 aliphatic rings. The van der Waals surface area contributed by atoms with Crippen LogP contribution in [0.25, 0.3) is 61.2 Å². The fourth-order valence-corrected chi connectivity index (χ4v) is 13.4. The Bertz CT molecular complexity index is 3060. The fraction of sp³-hybridized carbons (Fsp3) is 0. The van der Waals surface area contributed by atoms with Gasteiger partial charge in [-0.2, -0.15) is 4.98 Å². The molecular formula is C45H30N4OSi. The number of benzene rings is 7. The van der Waals surface area contributed by atoms with E-state index in [0.29, 0.717) is 5.84 Å². The summed E-state index contributed by atoms with van der Waals surface area (Å²) in [6.07, 6.45) is 0. The lowest BCUT2D eigenvalue weighted by Crippen LogP contribution is -2.74. The molecule has 5 nitrogen and oxygen atoms in total. The quantitative estimate of drug-likeness (QED) is 0.138. The van der Waals surface area contributed by atoms with Crippen molar-refractivity contribution in [3.8, 4) is 5.69 Å². The summed E-state index contributed by atoms with van der Waals surface area (Å²) in [5.41, 5.74) is 9.69. The summed E-state index contributed by atoms with van der Waals surface area (Å²) >= 11 is 0. The second kappa shape index (κ2) is 10.7. The Labute approximate surface area is 293 Å². The van der Waals surface area contributed by atoms with Crippen LogP contribution < -0.4 is 20.7 Å². The summed E-state index contributed by atoms with van der Waals surface area (Å²) in [5.74, 6) is 0.609. The van der Waals surface area contributed by atoms with Crippen LogP contribution in [0, 0.1) is 0 Å². The molecule has 0 aliphatic carbocycles. The Morgan fingerprint density at radius 1 is 0.451 bits per heavy atom. The zero-order valence-corrected chi connectivity index (χ0v) is 28.5. The van der Waals surface area contributed by atoms with Crippen LogP contribution in [0.1, 0.15) is 0 Å². The third-order valence-electron chi connectivity index (χ3n) is 10.6. The molecule has 4 heterocycles. The first-order valence-electron chi connectivity index (χ1n) is 17.3. The van der Waals surface area contributed by atoms with Gasteiger partial charge >= 0.3 is 5.84 Å². The van der Waals surface area contributed by atoms with Crippen molar-refractivity contribution in [2.45, 2.75) is 0 Å². The van der Waals surface area contributed by atoms with E-state index in [9.17, 15) is 0 Å². The van der Waals surface area contributed by atoms with Crippen molar-refractivity contribution in [1.82, 2.24) is 18.4 Å². The van der Waals surface area contributed by atoms with Crippen LogP contribution in [0.15, 0.2) is 186 Å². The standard InChI is InChI=1S/C45H30N4OSi/c1-3-17-33(18-4-1)51(34-19-5-2-6-20-34,42-28-14-27-41-44(42)50-45-46-36-22-8-10-24-38(36)49(41)45)35-21-13-16-32(30-35)47-39-25-11-12-26-40(39)48-37-23-9-7-15-31(37)29-43(47)48/h1-30H. The third-order valence-corrected chi connectivity index (χ3v) is 15.4. The van der Waals surface area contributed by atoms with Crippen LogP contribution in [0.4, 0.5) is 0 Å². The van der Waals surface area contributed by atoms with E-state index < -0.39 is 8.07 Å². The molecule has 240 valence electrons. The molecule has 0 saturated heterocycles. The highest BCUT2D eigenvalue weighted by molar-refractivity contribution is 7.20. The van der Waals surface area contributed by atoms with Crippen molar-refractivity contribution < 1.29 is 4.42 Å². The highest BCUT2D eigenvalue weighted by Crippen LogP contribution is 2.32. The van der Waals surface area contributed by atoms with E-state index >= 15 is 0 Å². The highest BCUT2D eigenvalue weighted by Gasteiger charge is 2.44. The fourth-order valence-electron chi connectivity index (χ4n) is 8.52. The Hall–Kier alpha value is -6.63. The normalized spacial score (nSPS) is 12.3. The van der Waals surface area contributed by atoms with Crippen LogP contribution in [-0.2, 0) is 0 Å². The lowest BCUT2D eigenvalue weighted by Gasteiger charge is -2.34. The van der Waals surface area contributed by atoms with Gasteiger partial charge in [0.1, 0.15) is 5.65 Å². The molecule has 11 aromatic rings. The average molecular weight is 671 g/mol. The molecule has 0 atom stereocenters. The van der Waals surface area contributed by atoms with Gasteiger partial charge in [-0.3, -0.25) is 13.4 Å². The van der Waals surface area contributed by atoms with E-state index in [2.05, 4.69) is 183 Å². The topological polar surface area (TPSA) is 39.8 Å². The first-order valence-corrected chi connectivity index (χ1v) is 19.3. The molecule has 0 unspecified atom stereocenters. The summed E-state index contributed by atoms with van der Waals surface area (Å²) in [6, 6.07) is 65.9. The molecule has 11 rings (SSSR count). The van der Waals surface area contributed by atoms with E-state index in [1.165, 1.54) is 42.7 Å². The monoisotopic (exact) mass is 670 g/mol. The Morgan fingerprint density at radius 2 is 1.06 bits per heavy atom. The number of para-hydroxylation sites is 6. The first-order chi connectivity index (χ1) is 25.3. The minimum Gasteiger partial charge on any atom is -0.423 e. The van der Waals surface area contributed by atoms with Crippen molar-refractivity contribution in [2.75, 3.05) is 0 Å². The number of hydrogen-bond acceptors (Lipinski definition) is 2. The Balaban J connectivity index is 1.26. The van der Waals surface area contributed by atoms with Gasteiger partial charge in [0.25, 0.3) is 0 Å². The first kappa shape index (κ1) is 28.2. The number of imidazole rings is 2. The molecule has 7 aromatic carbocycles. The molecule has 0 radical (unpaired) electrons. The summed E-state index contributed by atoms with van der Waals surface area (Å²) in [5, 5.41) is 6.27. The summed E-state index contributed by atoms with van der Waals surface area (Å²) < 4.78 is 13.8. The van der Waals surface area contributed by atoms with Crippen LogP contribution in [0.3, 0.4) is 0 Å². The second-order valence-corrected chi connectivity index (χ2v) is 17.0. The summed E-state index contributed by atoms with van der Waals surface area (Å²) in [4.78, 5) is 4.92.